The SMILES string of the molecule is N=C(N)c1cccc(OC[C@H](N)C(=O)O)c1. The van der Waals surface area contributed by atoms with Crippen molar-refractivity contribution < 1.29 is 14.6 Å². The Kier molecular flexibility index (Phi) is 3.84. The number of hydrogen-bond donors (Lipinski definition) is 4. The highest BCUT2D eigenvalue weighted by Gasteiger charge is 2.12. The van der Waals surface area contributed by atoms with Gasteiger partial charge in [0.25, 0.3) is 0 Å². The molecule has 0 aliphatic heterocycles. The largest absolute Gasteiger partial charge is 0.491 e. The second kappa shape index (κ2) is 5.13. The summed E-state index contributed by atoms with van der Waals surface area (Å²) in [4.78, 5) is 10.4. The average molecular weight is 223 g/mol. The molecule has 0 saturated heterocycles. The number of nitrogens with one attached hydrogen (secondary N) is 1. The van der Waals surface area contributed by atoms with E-state index in [0.717, 1.165) is 0 Å². The van der Waals surface area contributed by atoms with Crippen LogP contribution in [0.15, 0.2) is 24.3 Å². The molecule has 6 heteroatoms. The van der Waals surface area contributed by atoms with Crippen LogP contribution in [0.3, 0.4) is 0 Å². The Morgan fingerprint density at radius 2 is 2.25 bits per heavy atom. The van der Waals surface area contributed by atoms with Gasteiger partial charge in [0, 0.05) is 5.56 Å². The Morgan fingerprint density at radius 3 is 2.81 bits per heavy atom. The smallest absolute Gasteiger partial charge is 0.324 e. The van der Waals surface area contributed by atoms with E-state index in [9.17, 15) is 4.79 Å². The molecule has 0 spiro atoms. The van der Waals surface area contributed by atoms with E-state index in [2.05, 4.69) is 0 Å². The summed E-state index contributed by atoms with van der Waals surface area (Å²) >= 11 is 0. The van der Waals surface area contributed by atoms with Crippen LogP contribution >= 0.6 is 0 Å². The van der Waals surface area contributed by atoms with Crippen LogP contribution in [0.4, 0.5) is 0 Å². The average Bonchev–Trinajstić information content (AvgIpc) is 2.26. The number of nitrogens with two attached hydrogens (primary N) is 2. The van der Waals surface area contributed by atoms with Gasteiger partial charge < -0.3 is 21.3 Å². The van der Waals surface area contributed by atoms with Crippen molar-refractivity contribution in [1.29, 1.82) is 5.41 Å². The van der Waals surface area contributed by atoms with E-state index in [1.165, 1.54) is 0 Å². The summed E-state index contributed by atoms with van der Waals surface area (Å²) in [6.45, 7) is -0.128. The van der Waals surface area contributed by atoms with E-state index < -0.39 is 12.0 Å². The summed E-state index contributed by atoms with van der Waals surface area (Å²) in [7, 11) is 0. The predicted molar refractivity (Wildman–Crippen MR) is 58.6 cm³/mol. The molecule has 86 valence electrons. The van der Waals surface area contributed by atoms with Crippen LogP contribution in [0, 0.1) is 5.41 Å². The van der Waals surface area contributed by atoms with Gasteiger partial charge in [-0.3, -0.25) is 10.2 Å². The van der Waals surface area contributed by atoms with Gasteiger partial charge in [0.15, 0.2) is 0 Å². The fourth-order valence-corrected chi connectivity index (χ4v) is 1.01. The first-order valence-electron chi connectivity index (χ1n) is 4.56. The lowest BCUT2D eigenvalue weighted by Crippen LogP contribution is -2.36. The van der Waals surface area contributed by atoms with E-state index in [1.807, 2.05) is 0 Å². The van der Waals surface area contributed by atoms with Crippen LogP contribution in [0.5, 0.6) is 5.75 Å². The van der Waals surface area contributed by atoms with Gasteiger partial charge in [0.1, 0.15) is 24.2 Å². The molecule has 0 radical (unpaired) electrons. The van der Waals surface area contributed by atoms with Crippen molar-refractivity contribution >= 4 is 11.8 Å². The topological polar surface area (TPSA) is 122 Å². The zero-order valence-electron chi connectivity index (χ0n) is 8.51. The van der Waals surface area contributed by atoms with E-state index in [1.54, 1.807) is 24.3 Å². The maximum atomic E-state index is 10.4. The number of aliphatic carboxylic acids is 1. The molecule has 1 rings (SSSR count). The number of carboxylic acids is 1. The molecule has 0 aliphatic rings. The molecule has 1 atom stereocenters. The molecule has 6 nitrogen and oxygen atoms in total. The van der Waals surface area contributed by atoms with Crippen molar-refractivity contribution in [1.82, 2.24) is 0 Å². The first-order valence-corrected chi connectivity index (χ1v) is 4.56. The molecule has 0 aromatic heterocycles. The maximum Gasteiger partial charge on any atom is 0.324 e. The van der Waals surface area contributed by atoms with Gasteiger partial charge in [-0.2, -0.15) is 0 Å². The molecule has 0 bridgehead atoms. The summed E-state index contributed by atoms with van der Waals surface area (Å²) in [5.74, 6) is -0.764. The van der Waals surface area contributed by atoms with Gasteiger partial charge in [0.05, 0.1) is 0 Å². The number of carboxylic acid groups (broad SMARTS) is 1. The van der Waals surface area contributed by atoms with E-state index in [-0.39, 0.29) is 12.4 Å². The lowest BCUT2D eigenvalue weighted by atomic mass is 10.2. The summed E-state index contributed by atoms with van der Waals surface area (Å²) < 4.78 is 5.16. The van der Waals surface area contributed by atoms with Crippen LogP contribution in [-0.2, 0) is 4.79 Å². The van der Waals surface area contributed by atoms with Crippen LogP contribution in [0.1, 0.15) is 5.56 Å². The molecule has 0 fully saturated rings. The molecule has 0 saturated carbocycles. The third kappa shape index (κ3) is 3.25. The lowest BCUT2D eigenvalue weighted by Gasteiger charge is -2.10. The zero-order chi connectivity index (χ0) is 12.1. The van der Waals surface area contributed by atoms with Crippen molar-refractivity contribution in [2.75, 3.05) is 6.61 Å². The van der Waals surface area contributed by atoms with Gasteiger partial charge in [-0.15, -0.1) is 0 Å². The highest BCUT2D eigenvalue weighted by Crippen LogP contribution is 2.12. The predicted octanol–water partition coefficient (Wildman–Crippen LogP) is -0.239. The Balaban J connectivity index is 2.64. The van der Waals surface area contributed by atoms with E-state index in [0.29, 0.717) is 11.3 Å². The van der Waals surface area contributed by atoms with Crippen molar-refractivity contribution in [2.24, 2.45) is 11.5 Å². The van der Waals surface area contributed by atoms with E-state index in [4.69, 9.17) is 26.7 Å². The number of benzene rings is 1. The molecule has 0 unspecified atom stereocenters. The summed E-state index contributed by atoms with van der Waals surface area (Å²) in [6, 6.07) is 5.45. The van der Waals surface area contributed by atoms with Crippen molar-refractivity contribution in [3.8, 4) is 5.75 Å². The zero-order valence-corrected chi connectivity index (χ0v) is 8.51. The van der Waals surface area contributed by atoms with Crippen LogP contribution in [0.2, 0.25) is 0 Å². The van der Waals surface area contributed by atoms with Crippen molar-refractivity contribution in [3.05, 3.63) is 29.8 Å². The molecule has 0 heterocycles. The maximum absolute atomic E-state index is 10.4. The monoisotopic (exact) mass is 223 g/mol. The minimum atomic E-state index is -1.12. The summed E-state index contributed by atoms with van der Waals surface area (Å²) in [5, 5.41) is 15.8. The number of hydrogen-bond acceptors (Lipinski definition) is 4. The van der Waals surface area contributed by atoms with Crippen LogP contribution in [0.25, 0.3) is 0 Å². The highest BCUT2D eigenvalue weighted by molar-refractivity contribution is 5.95. The Bertz CT molecular complexity index is 406. The summed E-state index contributed by atoms with van der Waals surface area (Å²) in [6.07, 6.45) is 0. The first kappa shape index (κ1) is 12.0. The normalized spacial score (nSPS) is 11.8. The number of rotatable bonds is 5. The van der Waals surface area contributed by atoms with Gasteiger partial charge in [0.2, 0.25) is 0 Å². The van der Waals surface area contributed by atoms with Gasteiger partial charge >= 0.3 is 5.97 Å². The second-order valence-electron chi connectivity index (χ2n) is 3.20. The number of ether oxygens (including phenoxy) is 1. The number of amidine groups is 1. The molecule has 1 aromatic rings. The molecule has 16 heavy (non-hydrogen) atoms. The lowest BCUT2D eigenvalue weighted by molar-refractivity contribution is -0.139. The van der Waals surface area contributed by atoms with Gasteiger partial charge in [-0.05, 0) is 12.1 Å². The number of nitrogen functional groups attached to an aromatic ring is 1. The van der Waals surface area contributed by atoms with Crippen LogP contribution in [-0.4, -0.2) is 29.6 Å². The molecule has 0 amide bonds. The third-order valence-electron chi connectivity index (χ3n) is 1.89. The minimum Gasteiger partial charge on any atom is -0.491 e. The quantitative estimate of drug-likeness (QED) is 0.405. The molecule has 6 N–H and O–H groups in total. The number of carbonyl (C=O) groups is 1. The molecular formula is C10H13N3O3. The Morgan fingerprint density at radius 1 is 1.56 bits per heavy atom. The van der Waals surface area contributed by atoms with Gasteiger partial charge in [-0.1, -0.05) is 12.1 Å². The van der Waals surface area contributed by atoms with Crippen molar-refractivity contribution in [3.63, 3.8) is 0 Å². The first-order chi connectivity index (χ1) is 7.50. The Hall–Kier alpha value is -2.08. The molecular weight excluding hydrogens is 210 g/mol. The fraction of sp³-hybridized carbons (Fsp3) is 0.200. The standard InChI is InChI=1S/C10H13N3O3/c11-8(10(14)15)5-16-7-3-1-2-6(4-7)9(12)13/h1-4,8H,5,11H2,(H3,12,13)(H,14,15)/t8-/m0/s1. The minimum absolute atomic E-state index is 0.0759. The molecule has 0 aliphatic carbocycles. The van der Waals surface area contributed by atoms with E-state index >= 15 is 0 Å². The second-order valence-corrected chi connectivity index (χ2v) is 3.20. The van der Waals surface area contributed by atoms with Gasteiger partial charge in [-0.25, -0.2) is 0 Å². The third-order valence-corrected chi connectivity index (χ3v) is 1.89. The Labute approximate surface area is 92.3 Å². The highest BCUT2D eigenvalue weighted by atomic mass is 16.5. The van der Waals surface area contributed by atoms with Crippen LogP contribution < -0.4 is 16.2 Å². The fourth-order valence-electron chi connectivity index (χ4n) is 1.01. The van der Waals surface area contributed by atoms with Crippen molar-refractivity contribution in [2.45, 2.75) is 6.04 Å². The molecule has 1 aromatic carbocycles. The summed E-state index contributed by atoms with van der Waals surface area (Å²) in [5.41, 5.74) is 11.1.